The molecule has 0 N–H and O–H groups in total. The monoisotopic (exact) mass is 363 g/mol. The van der Waals surface area contributed by atoms with Gasteiger partial charge in [0.25, 0.3) is 5.91 Å². The highest BCUT2D eigenvalue weighted by Gasteiger charge is 2.25. The Balaban J connectivity index is 2.12. The third-order valence-electron chi connectivity index (χ3n) is 3.51. The van der Waals surface area contributed by atoms with Crippen molar-refractivity contribution in [2.45, 2.75) is 19.3 Å². The molecule has 1 fully saturated rings. The van der Waals surface area contributed by atoms with Crippen molar-refractivity contribution in [3.05, 3.63) is 33.8 Å². The average Bonchev–Trinajstić information content (AvgIpc) is 2.42. The van der Waals surface area contributed by atoms with E-state index in [1.165, 1.54) is 6.42 Å². The Hall–Kier alpha value is -0.250. The average molecular weight is 365 g/mol. The number of piperidine rings is 1. The molecular formula is C14H16BrCl2NO. The molecular weight excluding hydrogens is 349 g/mol. The number of halogens is 3. The lowest BCUT2D eigenvalue weighted by atomic mass is 9.95. The van der Waals surface area contributed by atoms with Crippen LogP contribution in [0.15, 0.2) is 18.2 Å². The molecule has 5 heteroatoms. The smallest absolute Gasteiger partial charge is 0.255 e. The lowest BCUT2D eigenvalue weighted by molar-refractivity contribution is 0.0672. The van der Waals surface area contributed by atoms with Crippen LogP contribution in [0.2, 0.25) is 10.0 Å². The molecule has 19 heavy (non-hydrogen) atoms. The molecule has 1 aliphatic heterocycles. The van der Waals surface area contributed by atoms with Gasteiger partial charge in [0.2, 0.25) is 0 Å². The van der Waals surface area contributed by atoms with Gasteiger partial charge in [0.15, 0.2) is 0 Å². The Labute approximate surface area is 132 Å². The van der Waals surface area contributed by atoms with Crippen molar-refractivity contribution in [1.82, 2.24) is 4.90 Å². The summed E-state index contributed by atoms with van der Waals surface area (Å²) in [5, 5.41) is 1.77. The van der Waals surface area contributed by atoms with Gasteiger partial charge in [-0.2, -0.15) is 0 Å². The standard InChI is InChI=1S/C14H16BrCl2NO/c15-7-6-10-3-2-8-18(9-10)14(19)11-4-1-5-12(16)13(11)17/h1,4-5,10H,2-3,6-9H2. The Bertz CT molecular complexity index is 465. The van der Waals surface area contributed by atoms with E-state index in [9.17, 15) is 4.79 Å². The van der Waals surface area contributed by atoms with Crippen LogP contribution in [0.1, 0.15) is 29.6 Å². The minimum absolute atomic E-state index is 0.00762. The first-order valence-electron chi connectivity index (χ1n) is 6.42. The molecule has 0 saturated carbocycles. The summed E-state index contributed by atoms with van der Waals surface area (Å²) in [6.45, 7) is 1.62. The minimum atomic E-state index is -0.00762. The molecule has 1 aromatic carbocycles. The summed E-state index contributed by atoms with van der Waals surface area (Å²) in [5.74, 6) is 0.571. The predicted molar refractivity (Wildman–Crippen MR) is 83.5 cm³/mol. The van der Waals surface area contributed by atoms with E-state index in [4.69, 9.17) is 23.2 Å². The van der Waals surface area contributed by atoms with Gasteiger partial charge in [-0.15, -0.1) is 0 Å². The highest BCUT2D eigenvalue weighted by atomic mass is 79.9. The highest BCUT2D eigenvalue weighted by Crippen LogP contribution is 2.28. The maximum Gasteiger partial charge on any atom is 0.255 e. The van der Waals surface area contributed by atoms with Gasteiger partial charge in [-0.25, -0.2) is 0 Å². The molecule has 1 amide bonds. The van der Waals surface area contributed by atoms with Gasteiger partial charge >= 0.3 is 0 Å². The van der Waals surface area contributed by atoms with Gasteiger partial charge in [0.1, 0.15) is 0 Å². The molecule has 1 heterocycles. The minimum Gasteiger partial charge on any atom is -0.338 e. The first-order valence-corrected chi connectivity index (χ1v) is 8.30. The zero-order valence-electron chi connectivity index (χ0n) is 10.5. The van der Waals surface area contributed by atoms with E-state index < -0.39 is 0 Å². The zero-order chi connectivity index (χ0) is 13.8. The maximum atomic E-state index is 12.5. The Morgan fingerprint density at radius 1 is 1.42 bits per heavy atom. The van der Waals surface area contributed by atoms with Crippen molar-refractivity contribution in [3.63, 3.8) is 0 Å². The zero-order valence-corrected chi connectivity index (χ0v) is 13.6. The molecule has 2 rings (SSSR count). The van der Waals surface area contributed by atoms with E-state index in [1.807, 2.05) is 4.90 Å². The molecule has 2 nitrogen and oxygen atoms in total. The summed E-state index contributed by atoms with van der Waals surface area (Å²) < 4.78 is 0. The van der Waals surface area contributed by atoms with E-state index in [0.717, 1.165) is 31.3 Å². The molecule has 104 valence electrons. The quantitative estimate of drug-likeness (QED) is 0.716. The van der Waals surface area contributed by atoms with Crippen LogP contribution in [-0.4, -0.2) is 29.2 Å². The second-order valence-electron chi connectivity index (χ2n) is 4.84. The second kappa shape index (κ2) is 6.96. The van der Waals surface area contributed by atoms with Crippen molar-refractivity contribution in [1.29, 1.82) is 0 Å². The Morgan fingerprint density at radius 3 is 2.95 bits per heavy atom. The molecule has 0 aromatic heterocycles. The highest BCUT2D eigenvalue weighted by molar-refractivity contribution is 9.09. The van der Waals surface area contributed by atoms with Crippen molar-refractivity contribution >= 4 is 45.0 Å². The number of amides is 1. The lowest BCUT2D eigenvalue weighted by Crippen LogP contribution is -2.40. The molecule has 0 radical (unpaired) electrons. The van der Waals surface area contributed by atoms with Crippen LogP contribution in [0.25, 0.3) is 0 Å². The van der Waals surface area contributed by atoms with E-state index in [2.05, 4.69) is 15.9 Å². The Kier molecular flexibility index (Phi) is 5.55. The molecule has 1 aliphatic rings. The van der Waals surface area contributed by atoms with Crippen LogP contribution in [-0.2, 0) is 0 Å². The molecule has 0 aliphatic carbocycles. The second-order valence-corrected chi connectivity index (χ2v) is 6.42. The van der Waals surface area contributed by atoms with Gasteiger partial charge in [-0.1, -0.05) is 45.2 Å². The van der Waals surface area contributed by atoms with Crippen LogP contribution >= 0.6 is 39.1 Å². The largest absolute Gasteiger partial charge is 0.338 e. The number of hydrogen-bond donors (Lipinski definition) is 0. The van der Waals surface area contributed by atoms with Crippen molar-refractivity contribution in [2.75, 3.05) is 18.4 Å². The summed E-state index contributed by atoms with van der Waals surface area (Å²) in [6.07, 6.45) is 3.35. The van der Waals surface area contributed by atoms with E-state index in [-0.39, 0.29) is 5.91 Å². The molecule has 1 aromatic rings. The van der Waals surface area contributed by atoms with Gasteiger partial charge in [0, 0.05) is 18.4 Å². The normalized spacial score (nSPS) is 19.5. The summed E-state index contributed by atoms with van der Waals surface area (Å²) in [6, 6.07) is 5.20. The van der Waals surface area contributed by atoms with Crippen LogP contribution in [0.4, 0.5) is 0 Å². The summed E-state index contributed by atoms with van der Waals surface area (Å²) in [7, 11) is 0. The van der Waals surface area contributed by atoms with E-state index >= 15 is 0 Å². The molecule has 1 atom stereocenters. The maximum absolute atomic E-state index is 12.5. The first-order chi connectivity index (χ1) is 9.13. The molecule has 0 spiro atoms. The van der Waals surface area contributed by atoms with Gasteiger partial charge in [-0.3, -0.25) is 4.79 Å². The van der Waals surface area contributed by atoms with Crippen molar-refractivity contribution < 1.29 is 4.79 Å². The number of hydrogen-bond acceptors (Lipinski definition) is 1. The summed E-state index contributed by atoms with van der Waals surface area (Å²) in [5.41, 5.74) is 0.508. The Morgan fingerprint density at radius 2 is 2.21 bits per heavy atom. The van der Waals surface area contributed by atoms with Crippen LogP contribution in [0.3, 0.4) is 0 Å². The summed E-state index contributed by atoms with van der Waals surface area (Å²) >= 11 is 15.6. The molecule has 1 unspecified atom stereocenters. The lowest BCUT2D eigenvalue weighted by Gasteiger charge is -2.32. The van der Waals surface area contributed by atoms with Crippen LogP contribution in [0.5, 0.6) is 0 Å². The predicted octanol–water partition coefficient (Wildman–Crippen LogP) is 4.63. The number of alkyl halides is 1. The third kappa shape index (κ3) is 3.65. The fraction of sp³-hybridized carbons (Fsp3) is 0.500. The van der Waals surface area contributed by atoms with Gasteiger partial charge < -0.3 is 4.90 Å². The number of carbonyl (C=O) groups is 1. The number of likely N-dealkylation sites (tertiary alicyclic amines) is 1. The summed E-state index contributed by atoms with van der Waals surface area (Å²) in [4.78, 5) is 14.4. The molecule has 1 saturated heterocycles. The van der Waals surface area contributed by atoms with Gasteiger partial charge in [-0.05, 0) is 37.3 Å². The number of rotatable bonds is 3. The third-order valence-corrected chi connectivity index (χ3v) is 4.78. The topological polar surface area (TPSA) is 20.3 Å². The molecule has 0 bridgehead atoms. The first kappa shape index (κ1) is 15.1. The van der Waals surface area contributed by atoms with Crippen molar-refractivity contribution in [2.24, 2.45) is 5.92 Å². The number of nitrogens with zero attached hydrogens (tertiary/aromatic N) is 1. The number of carbonyl (C=O) groups excluding carboxylic acids is 1. The fourth-order valence-corrected chi connectivity index (χ4v) is 3.51. The fourth-order valence-electron chi connectivity index (χ4n) is 2.48. The van der Waals surface area contributed by atoms with Gasteiger partial charge in [0.05, 0.1) is 15.6 Å². The van der Waals surface area contributed by atoms with E-state index in [1.54, 1.807) is 18.2 Å². The van der Waals surface area contributed by atoms with Crippen molar-refractivity contribution in [3.8, 4) is 0 Å². The van der Waals surface area contributed by atoms with E-state index in [0.29, 0.717) is 21.5 Å². The van der Waals surface area contributed by atoms with Crippen LogP contribution in [0, 0.1) is 5.92 Å². The number of benzene rings is 1. The SMILES string of the molecule is O=C(c1cccc(Cl)c1Cl)N1CCCC(CCBr)C1. The van der Waals surface area contributed by atoms with Crippen LogP contribution < -0.4 is 0 Å².